The van der Waals surface area contributed by atoms with Crippen molar-refractivity contribution in [2.45, 2.75) is 24.9 Å². The molecular formula is C14H19N5O3. The van der Waals surface area contributed by atoms with Crippen molar-refractivity contribution in [3.05, 3.63) is 18.3 Å². The Labute approximate surface area is 128 Å². The van der Waals surface area contributed by atoms with Crippen LogP contribution in [0.1, 0.15) is 12.8 Å². The van der Waals surface area contributed by atoms with Crippen molar-refractivity contribution in [2.24, 2.45) is 0 Å². The fourth-order valence-corrected chi connectivity index (χ4v) is 2.89. The highest BCUT2D eigenvalue weighted by molar-refractivity contribution is 5.97. The number of amides is 3. The molecule has 2 saturated heterocycles. The molecule has 2 atom stereocenters. The predicted octanol–water partition coefficient (Wildman–Crippen LogP) is 0.744. The molecule has 8 nitrogen and oxygen atoms in total. The van der Waals surface area contributed by atoms with Crippen LogP contribution < -0.4 is 10.2 Å². The molecule has 2 fully saturated rings. The zero-order valence-electron chi connectivity index (χ0n) is 12.6. The van der Waals surface area contributed by atoms with Crippen molar-refractivity contribution < 1.29 is 14.8 Å². The Morgan fingerprint density at radius 1 is 1.45 bits per heavy atom. The van der Waals surface area contributed by atoms with E-state index in [0.29, 0.717) is 25.1 Å². The summed E-state index contributed by atoms with van der Waals surface area (Å²) < 4.78 is 0. The van der Waals surface area contributed by atoms with E-state index >= 15 is 0 Å². The normalized spacial score (nSPS) is 23.7. The Kier molecular flexibility index (Phi) is 3.61. The molecule has 2 aliphatic heterocycles. The fourth-order valence-electron chi connectivity index (χ4n) is 2.89. The molecule has 0 spiro atoms. The maximum absolute atomic E-state index is 12.4. The van der Waals surface area contributed by atoms with Gasteiger partial charge in [-0.2, -0.15) is 0 Å². The quantitative estimate of drug-likeness (QED) is 0.804. The number of rotatable bonds is 3. The van der Waals surface area contributed by atoms with Crippen LogP contribution >= 0.6 is 0 Å². The second-order valence-corrected chi connectivity index (χ2v) is 5.81. The van der Waals surface area contributed by atoms with Gasteiger partial charge in [-0.1, -0.05) is 0 Å². The first kappa shape index (κ1) is 14.6. The molecule has 8 heteroatoms. The van der Waals surface area contributed by atoms with Gasteiger partial charge in [0.1, 0.15) is 11.9 Å². The molecule has 0 saturated carbocycles. The summed E-state index contributed by atoms with van der Waals surface area (Å²) in [6.45, 7) is 0.396. The lowest BCUT2D eigenvalue weighted by atomic mass is 10.0. The predicted molar refractivity (Wildman–Crippen MR) is 79.7 cm³/mol. The van der Waals surface area contributed by atoms with E-state index < -0.39 is 12.1 Å². The molecule has 2 N–H and O–H groups in total. The van der Waals surface area contributed by atoms with E-state index in [-0.39, 0.29) is 11.9 Å². The van der Waals surface area contributed by atoms with E-state index in [2.05, 4.69) is 10.3 Å². The number of hydrogen-bond acceptors (Lipinski definition) is 5. The first-order valence-corrected chi connectivity index (χ1v) is 7.20. The van der Waals surface area contributed by atoms with Crippen molar-refractivity contribution in [1.29, 1.82) is 0 Å². The van der Waals surface area contributed by atoms with Gasteiger partial charge in [-0.05, 0) is 18.9 Å². The number of nitrogens with one attached hydrogen (secondary N) is 1. The molecule has 2 bridgehead atoms. The van der Waals surface area contributed by atoms with Gasteiger partial charge < -0.3 is 15.1 Å². The van der Waals surface area contributed by atoms with E-state index in [9.17, 15) is 14.8 Å². The lowest BCUT2D eigenvalue weighted by Gasteiger charge is -2.29. The highest BCUT2D eigenvalue weighted by atomic mass is 16.5. The van der Waals surface area contributed by atoms with Crippen LogP contribution in [0.2, 0.25) is 0 Å². The molecule has 3 rings (SSSR count). The minimum absolute atomic E-state index is 0.196. The number of hydrogen-bond donors (Lipinski definition) is 2. The zero-order valence-corrected chi connectivity index (χ0v) is 12.6. The molecule has 1 aromatic rings. The maximum atomic E-state index is 12.4. The third kappa shape index (κ3) is 2.45. The fraction of sp³-hybridized carbons (Fsp3) is 0.500. The summed E-state index contributed by atoms with van der Waals surface area (Å²) in [5, 5.41) is 13.2. The highest BCUT2D eigenvalue weighted by Crippen LogP contribution is 2.29. The number of carbonyl (C=O) groups is 2. The smallest absolute Gasteiger partial charge is 0.344 e. The molecule has 1 aromatic heterocycles. The largest absolute Gasteiger partial charge is 0.363 e. The summed E-state index contributed by atoms with van der Waals surface area (Å²) in [6.07, 6.45) is 2.79. The maximum Gasteiger partial charge on any atom is 0.344 e. The Balaban J connectivity index is 1.72. The molecule has 3 heterocycles. The van der Waals surface area contributed by atoms with Crippen molar-refractivity contribution in [2.75, 3.05) is 30.9 Å². The lowest BCUT2D eigenvalue weighted by Crippen LogP contribution is -2.47. The van der Waals surface area contributed by atoms with Crippen LogP contribution in [-0.4, -0.2) is 64.8 Å². The molecule has 0 aromatic carbocycles. The zero-order chi connectivity index (χ0) is 15.9. The van der Waals surface area contributed by atoms with Gasteiger partial charge in [0.15, 0.2) is 0 Å². The molecule has 118 valence electrons. The summed E-state index contributed by atoms with van der Waals surface area (Å²) in [6, 6.07) is 2.25. The second kappa shape index (κ2) is 5.45. The summed E-state index contributed by atoms with van der Waals surface area (Å²) in [5.41, 5.74) is 0.637. The average molecular weight is 305 g/mol. The van der Waals surface area contributed by atoms with Crippen LogP contribution in [0.3, 0.4) is 0 Å². The van der Waals surface area contributed by atoms with Gasteiger partial charge in [-0.3, -0.25) is 10.0 Å². The number of anilines is 2. The van der Waals surface area contributed by atoms with Crippen LogP contribution in [-0.2, 0) is 4.79 Å². The number of pyridine rings is 1. The summed E-state index contributed by atoms with van der Waals surface area (Å²) in [4.78, 5) is 31.8. The van der Waals surface area contributed by atoms with Crippen LogP contribution in [0.5, 0.6) is 0 Å². The van der Waals surface area contributed by atoms with Gasteiger partial charge in [0, 0.05) is 38.6 Å². The number of hydroxylamine groups is 2. The second-order valence-electron chi connectivity index (χ2n) is 5.81. The van der Waals surface area contributed by atoms with Crippen molar-refractivity contribution in [1.82, 2.24) is 14.9 Å². The number of fused-ring (bicyclic) bond motifs is 2. The summed E-state index contributed by atoms with van der Waals surface area (Å²) in [5.74, 6) is 0.498. The minimum atomic E-state index is -0.545. The van der Waals surface area contributed by atoms with Crippen LogP contribution in [0, 0.1) is 0 Å². The van der Waals surface area contributed by atoms with Crippen LogP contribution in [0.25, 0.3) is 0 Å². The van der Waals surface area contributed by atoms with Crippen LogP contribution in [0.4, 0.5) is 16.3 Å². The Bertz CT molecular complexity index is 606. The highest BCUT2D eigenvalue weighted by Gasteiger charge is 2.46. The molecule has 3 amide bonds. The third-order valence-corrected chi connectivity index (χ3v) is 4.12. The van der Waals surface area contributed by atoms with Gasteiger partial charge in [-0.25, -0.2) is 14.8 Å². The Hall–Kier alpha value is -2.35. The monoisotopic (exact) mass is 305 g/mol. The van der Waals surface area contributed by atoms with Gasteiger partial charge in [0.25, 0.3) is 0 Å². The lowest BCUT2D eigenvalue weighted by molar-refractivity contribution is -0.120. The van der Waals surface area contributed by atoms with Crippen molar-refractivity contribution >= 4 is 23.4 Å². The molecule has 0 aliphatic carbocycles. The van der Waals surface area contributed by atoms with Gasteiger partial charge in [-0.15, -0.1) is 0 Å². The Morgan fingerprint density at radius 2 is 2.23 bits per heavy atom. The van der Waals surface area contributed by atoms with E-state index in [4.69, 9.17) is 0 Å². The Morgan fingerprint density at radius 3 is 2.95 bits per heavy atom. The van der Waals surface area contributed by atoms with Gasteiger partial charge in [0.05, 0.1) is 6.04 Å². The van der Waals surface area contributed by atoms with E-state index in [1.165, 1.54) is 4.90 Å². The molecule has 22 heavy (non-hydrogen) atoms. The van der Waals surface area contributed by atoms with Gasteiger partial charge >= 0.3 is 6.03 Å². The average Bonchev–Trinajstić information content (AvgIpc) is 2.72. The van der Waals surface area contributed by atoms with Crippen molar-refractivity contribution in [3.63, 3.8) is 0 Å². The topological polar surface area (TPSA) is 89.0 Å². The van der Waals surface area contributed by atoms with Crippen molar-refractivity contribution in [3.8, 4) is 0 Å². The number of carbonyl (C=O) groups excluding carboxylic acids is 2. The van der Waals surface area contributed by atoms with E-state index in [1.54, 1.807) is 18.3 Å². The molecule has 0 radical (unpaired) electrons. The standard InChI is InChI=1S/C14H19N5O3/c1-17(2)12-7-9(5-6-15-12)16-13(20)11-4-3-10-8-18(11)14(21)19(10)22/h5-7,10-11,22H,3-4,8H2,1-2H3,(H,15,16,20). The minimum Gasteiger partial charge on any atom is -0.363 e. The third-order valence-electron chi connectivity index (χ3n) is 4.12. The number of nitrogens with zero attached hydrogens (tertiary/aromatic N) is 4. The summed E-state index contributed by atoms with van der Waals surface area (Å²) >= 11 is 0. The van der Waals surface area contributed by atoms with Gasteiger partial charge in [0.2, 0.25) is 5.91 Å². The summed E-state index contributed by atoms with van der Waals surface area (Å²) in [7, 11) is 3.74. The number of piperidine rings is 1. The first-order valence-electron chi connectivity index (χ1n) is 7.20. The molecule has 2 aliphatic rings. The number of aromatic nitrogens is 1. The SMILES string of the molecule is CN(C)c1cc(NC(=O)C2CCC3CN2C(=O)N3O)ccn1. The van der Waals surface area contributed by atoms with E-state index in [1.807, 2.05) is 19.0 Å². The van der Waals surface area contributed by atoms with Crippen LogP contribution in [0.15, 0.2) is 18.3 Å². The first-order chi connectivity index (χ1) is 10.5. The molecule has 2 unspecified atom stereocenters. The molecular weight excluding hydrogens is 286 g/mol. The number of urea groups is 1. The van der Waals surface area contributed by atoms with E-state index in [0.717, 1.165) is 10.9 Å².